The predicted octanol–water partition coefficient (Wildman–Crippen LogP) is 3.80. The molecular formula is C16H21ClF3N3O3. The molecule has 1 N–H and O–H groups in total. The number of carbonyl (C=O) groups excluding carboxylic acids is 1. The van der Waals surface area contributed by atoms with Gasteiger partial charge in [0.25, 0.3) is 0 Å². The highest BCUT2D eigenvalue weighted by Crippen LogP contribution is 2.35. The van der Waals surface area contributed by atoms with Crippen molar-refractivity contribution < 1.29 is 27.4 Å². The lowest BCUT2D eigenvalue weighted by Gasteiger charge is -2.34. The molecule has 2 rings (SSSR count). The average molecular weight is 396 g/mol. The van der Waals surface area contributed by atoms with Crippen LogP contribution in [0.25, 0.3) is 0 Å². The van der Waals surface area contributed by atoms with E-state index in [4.69, 9.17) is 21.1 Å². The van der Waals surface area contributed by atoms with E-state index in [2.05, 4.69) is 10.3 Å². The molecule has 1 atom stereocenters. The number of amides is 1. The fraction of sp³-hybridized carbons (Fsp3) is 0.625. The lowest BCUT2D eigenvalue weighted by molar-refractivity contribution is -0.137. The van der Waals surface area contributed by atoms with Gasteiger partial charge >= 0.3 is 12.3 Å². The highest BCUT2D eigenvalue weighted by Gasteiger charge is 2.35. The number of ether oxygens (including phenoxy) is 2. The van der Waals surface area contributed by atoms with Gasteiger partial charge in [0, 0.05) is 19.3 Å². The standard InChI is InChI=1S/C16H21ClF3N3O3/c1-15(2,3)26-14(24)23-4-5-25-10(9-23)7-21-12-6-13(17)22-8-11(12)16(18,19)20/h6,8,10H,4-5,7,9H2,1-3H3,(H,21,22)/t10-/m1/s1. The summed E-state index contributed by atoms with van der Waals surface area (Å²) in [5.74, 6) is 0. The van der Waals surface area contributed by atoms with E-state index in [9.17, 15) is 18.0 Å². The molecule has 0 unspecified atom stereocenters. The Morgan fingerprint density at radius 3 is 2.77 bits per heavy atom. The van der Waals surface area contributed by atoms with Gasteiger partial charge in [0.2, 0.25) is 0 Å². The Morgan fingerprint density at radius 2 is 2.15 bits per heavy atom. The maximum absolute atomic E-state index is 13.0. The van der Waals surface area contributed by atoms with Gasteiger partial charge < -0.3 is 19.7 Å². The Bertz CT molecular complexity index is 650. The molecule has 26 heavy (non-hydrogen) atoms. The van der Waals surface area contributed by atoms with Crippen molar-refractivity contribution in [2.24, 2.45) is 0 Å². The molecule has 0 radical (unpaired) electrons. The molecule has 0 spiro atoms. The Labute approximate surface area is 154 Å². The van der Waals surface area contributed by atoms with Crippen molar-refractivity contribution in [3.05, 3.63) is 23.0 Å². The predicted molar refractivity (Wildman–Crippen MR) is 90.3 cm³/mol. The molecule has 1 saturated heterocycles. The maximum atomic E-state index is 13.0. The number of morpholine rings is 1. The normalized spacial score (nSPS) is 18.6. The van der Waals surface area contributed by atoms with Gasteiger partial charge in [-0.15, -0.1) is 0 Å². The molecule has 0 aromatic carbocycles. The smallest absolute Gasteiger partial charge is 0.419 e. The number of nitrogens with one attached hydrogen (secondary N) is 1. The summed E-state index contributed by atoms with van der Waals surface area (Å²) in [7, 11) is 0. The van der Waals surface area contributed by atoms with Gasteiger partial charge in [-0.1, -0.05) is 11.6 Å². The van der Waals surface area contributed by atoms with E-state index in [1.54, 1.807) is 20.8 Å². The van der Waals surface area contributed by atoms with Crippen LogP contribution in [0.4, 0.5) is 23.7 Å². The summed E-state index contributed by atoms with van der Waals surface area (Å²) in [5, 5.41) is 2.63. The zero-order valence-electron chi connectivity index (χ0n) is 14.7. The van der Waals surface area contributed by atoms with Crippen molar-refractivity contribution in [3.8, 4) is 0 Å². The number of hydrogen-bond donors (Lipinski definition) is 1. The molecule has 2 heterocycles. The molecule has 1 fully saturated rings. The van der Waals surface area contributed by atoms with Gasteiger partial charge in [-0.2, -0.15) is 13.2 Å². The molecule has 0 saturated carbocycles. The van der Waals surface area contributed by atoms with Gasteiger partial charge in [0.15, 0.2) is 0 Å². The Balaban J connectivity index is 2.00. The van der Waals surface area contributed by atoms with Gasteiger partial charge in [0.1, 0.15) is 10.8 Å². The monoisotopic (exact) mass is 395 g/mol. The third-order valence-electron chi connectivity index (χ3n) is 3.49. The number of hydrogen-bond acceptors (Lipinski definition) is 5. The van der Waals surface area contributed by atoms with Crippen molar-refractivity contribution in [2.45, 2.75) is 38.7 Å². The summed E-state index contributed by atoms with van der Waals surface area (Å²) < 4.78 is 50.0. The van der Waals surface area contributed by atoms with Crippen LogP contribution in [0.1, 0.15) is 26.3 Å². The average Bonchev–Trinajstić information content (AvgIpc) is 2.50. The van der Waals surface area contributed by atoms with E-state index in [1.165, 1.54) is 4.90 Å². The summed E-state index contributed by atoms with van der Waals surface area (Å²) in [4.78, 5) is 17.1. The minimum absolute atomic E-state index is 0.0551. The van der Waals surface area contributed by atoms with Crippen LogP contribution in [0.15, 0.2) is 12.3 Å². The fourth-order valence-corrected chi connectivity index (χ4v) is 2.52. The lowest BCUT2D eigenvalue weighted by atomic mass is 10.2. The summed E-state index contributed by atoms with van der Waals surface area (Å²) in [6, 6.07) is 1.11. The second-order valence-electron chi connectivity index (χ2n) is 6.85. The molecule has 1 aromatic heterocycles. The zero-order valence-corrected chi connectivity index (χ0v) is 15.4. The largest absolute Gasteiger partial charge is 0.444 e. The Morgan fingerprint density at radius 1 is 1.46 bits per heavy atom. The number of pyridine rings is 1. The lowest BCUT2D eigenvalue weighted by Crippen LogP contribution is -2.49. The Kier molecular flexibility index (Phi) is 6.23. The summed E-state index contributed by atoms with van der Waals surface area (Å²) in [6.45, 7) is 6.20. The van der Waals surface area contributed by atoms with Gasteiger partial charge in [-0.3, -0.25) is 0 Å². The number of alkyl halides is 3. The van der Waals surface area contributed by atoms with Crippen molar-refractivity contribution in [1.82, 2.24) is 9.88 Å². The van der Waals surface area contributed by atoms with Crippen LogP contribution in [-0.2, 0) is 15.7 Å². The molecule has 6 nitrogen and oxygen atoms in total. The van der Waals surface area contributed by atoms with E-state index >= 15 is 0 Å². The third kappa shape index (κ3) is 5.91. The summed E-state index contributed by atoms with van der Waals surface area (Å²) in [5.41, 5.74) is -1.73. The van der Waals surface area contributed by atoms with Crippen LogP contribution in [0.2, 0.25) is 5.15 Å². The number of nitrogens with zero attached hydrogens (tertiary/aromatic N) is 2. The van der Waals surface area contributed by atoms with E-state index in [0.29, 0.717) is 12.7 Å². The van der Waals surface area contributed by atoms with E-state index in [0.717, 1.165) is 6.07 Å². The van der Waals surface area contributed by atoms with Crippen LogP contribution in [-0.4, -0.2) is 53.9 Å². The van der Waals surface area contributed by atoms with Crippen LogP contribution in [0.3, 0.4) is 0 Å². The van der Waals surface area contributed by atoms with Crippen molar-refractivity contribution in [1.29, 1.82) is 0 Å². The summed E-state index contributed by atoms with van der Waals surface area (Å²) in [6.07, 6.45) is -4.84. The minimum atomic E-state index is -4.56. The van der Waals surface area contributed by atoms with E-state index in [1.807, 2.05) is 0 Å². The molecule has 1 aromatic rings. The van der Waals surface area contributed by atoms with Crippen molar-refractivity contribution in [2.75, 3.05) is 31.6 Å². The van der Waals surface area contributed by atoms with Crippen LogP contribution in [0.5, 0.6) is 0 Å². The molecule has 1 aliphatic rings. The molecule has 0 bridgehead atoms. The zero-order chi connectivity index (χ0) is 19.5. The maximum Gasteiger partial charge on any atom is 0.419 e. The van der Waals surface area contributed by atoms with Gasteiger partial charge in [-0.05, 0) is 26.8 Å². The molecule has 10 heteroatoms. The molecule has 0 aliphatic carbocycles. The van der Waals surface area contributed by atoms with Crippen LogP contribution >= 0.6 is 11.6 Å². The third-order valence-corrected chi connectivity index (χ3v) is 3.69. The Hall–Kier alpha value is -1.74. The number of anilines is 1. The molecular weight excluding hydrogens is 375 g/mol. The number of carbonyl (C=O) groups is 1. The van der Waals surface area contributed by atoms with Gasteiger partial charge in [-0.25, -0.2) is 9.78 Å². The van der Waals surface area contributed by atoms with Crippen molar-refractivity contribution in [3.63, 3.8) is 0 Å². The van der Waals surface area contributed by atoms with E-state index < -0.39 is 29.5 Å². The fourth-order valence-electron chi connectivity index (χ4n) is 2.36. The quantitative estimate of drug-likeness (QED) is 0.789. The first-order chi connectivity index (χ1) is 12.0. The molecule has 146 valence electrons. The number of halogens is 4. The first-order valence-electron chi connectivity index (χ1n) is 8.02. The highest BCUT2D eigenvalue weighted by molar-refractivity contribution is 6.29. The van der Waals surface area contributed by atoms with E-state index in [-0.39, 0.29) is 30.5 Å². The summed E-state index contributed by atoms with van der Waals surface area (Å²) >= 11 is 5.70. The first kappa shape index (κ1) is 20.6. The van der Waals surface area contributed by atoms with Gasteiger partial charge in [0.05, 0.1) is 30.5 Å². The van der Waals surface area contributed by atoms with Crippen LogP contribution in [0, 0.1) is 0 Å². The highest BCUT2D eigenvalue weighted by atomic mass is 35.5. The second kappa shape index (κ2) is 7.87. The number of aromatic nitrogens is 1. The molecule has 1 aliphatic heterocycles. The van der Waals surface area contributed by atoms with Crippen LogP contribution < -0.4 is 5.32 Å². The molecule has 1 amide bonds. The second-order valence-corrected chi connectivity index (χ2v) is 7.24. The van der Waals surface area contributed by atoms with Crippen molar-refractivity contribution >= 4 is 23.4 Å². The first-order valence-corrected chi connectivity index (χ1v) is 8.39. The SMILES string of the molecule is CC(C)(C)OC(=O)N1CCO[C@H](CNc2cc(Cl)ncc2C(F)(F)F)C1. The number of rotatable bonds is 3. The topological polar surface area (TPSA) is 63.7 Å². The minimum Gasteiger partial charge on any atom is -0.444 e.